The van der Waals surface area contributed by atoms with Crippen LogP contribution in [0.3, 0.4) is 0 Å². The third-order valence-electron chi connectivity index (χ3n) is 5.61. The van der Waals surface area contributed by atoms with E-state index in [0.717, 1.165) is 22.0 Å². The zero-order valence-electron chi connectivity index (χ0n) is 21.1. The largest absolute Gasteiger partial charge is 0.350 e. The normalized spacial score (nSPS) is 12.3. The Morgan fingerprint density at radius 1 is 0.917 bits per heavy atom. The van der Waals surface area contributed by atoms with E-state index in [9.17, 15) is 14.4 Å². The lowest BCUT2D eigenvalue weighted by molar-refractivity contribution is -0.132. The van der Waals surface area contributed by atoms with E-state index >= 15 is 0 Å². The summed E-state index contributed by atoms with van der Waals surface area (Å²) < 4.78 is 0.931. The molecule has 2 atom stereocenters. The van der Waals surface area contributed by atoms with E-state index in [0.29, 0.717) is 38.6 Å². The second kappa shape index (κ2) is 15.8. The molecule has 2 rings (SSSR count). The first-order chi connectivity index (χ1) is 17.3. The molecule has 0 fully saturated rings. The Kier molecular flexibility index (Phi) is 12.8. The van der Waals surface area contributed by atoms with Crippen LogP contribution in [0.1, 0.15) is 57.1 Å². The van der Waals surface area contributed by atoms with Crippen LogP contribution in [0.4, 0.5) is 0 Å². The highest BCUT2D eigenvalue weighted by Gasteiger charge is 2.27. The number of carbonyl (C=O) groups excluding carboxylic acids is 3. The van der Waals surface area contributed by atoms with E-state index in [4.69, 9.17) is 6.42 Å². The van der Waals surface area contributed by atoms with Gasteiger partial charge in [-0.15, -0.1) is 12.3 Å². The number of carbonyl (C=O) groups is 3. The van der Waals surface area contributed by atoms with E-state index in [-0.39, 0.29) is 23.6 Å². The molecule has 7 heteroatoms. The summed E-state index contributed by atoms with van der Waals surface area (Å²) in [6.45, 7) is 4.35. The van der Waals surface area contributed by atoms with Crippen molar-refractivity contribution >= 4 is 33.7 Å². The number of terminal acetylenes is 1. The highest BCUT2D eigenvalue weighted by Crippen LogP contribution is 2.12. The fraction of sp³-hybridized carbons (Fsp3) is 0.414. The molecule has 0 aliphatic carbocycles. The van der Waals surface area contributed by atoms with Crippen LogP contribution < -0.4 is 16.0 Å². The van der Waals surface area contributed by atoms with Gasteiger partial charge in [0.25, 0.3) is 0 Å². The minimum absolute atomic E-state index is 0.185. The Morgan fingerprint density at radius 3 is 2.31 bits per heavy atom. The third kappa shape index (κ3) is 11.1. The van der Waals surface area contributed by atoms with Crippen molar-refractivity contribution < 1.29 is 14.4 Å². The summed E-state index contributed by atoms with van der Waals surface area (Å²) in [5.41, 5.74) is 1.87. The Bertz CT molecular complexity index is 1030. The van der Waals surface area contributed by atoms with Gasteiger partial charge in [-0.1, -0.05) is 72.2 Å². The maximum Gasteiger partial charge on any atom is 0.243 e. The summed E-state index contributed by atoms with van der Waals surface area (Å²) in [4.78, 5) is 38.9. The summed E-state index contributed by atoms with van der Waals surface area (Å²) in [5, 5.41) is 8.69. The predicted octanol–water partition coefficient (Wildman–Crippen LogP) is 4.52. The number of benzene rings is 2. The van der Waals surface area contributed by atoms with Crippen molar-refractivity contribution in [3.8, 4) is 12.3 Å². The molecule has 36 heavy (non-hydrogen) atoms. The standard InChI is InChI=1S/C29H36BrN3O3/c1-4-5-6-10-16-27(34)32-26(19-22-12-8-7-9-13-22)29(36)33-25(17-21(2)3)28(35)31-20-23-14-11-15-24(30)18-23/h1,7-9,11-15,18,21,25-26H,5-6,10,16-17,19-20H2,2-3H3,(H,31,35)(H,32,34)(H,33,36)/t25-,26-/m0/s1. The van der Waals surface area contributed by atoms with Gasteiger partial charge in [0.1, 0.15) is 12.1 Å². The lowest BCUT2D eigenvalue weighted by atomic mass is 10.0. The Hall–Kier alpha value is -3.11. The number of hydrogen-bond donors (Lipinski definition) is 3. The minimum Gasteiger partial charge on any atom is -0.350 e. The minimum atomic E-state index is -0.792. The summed E-state index contributed by atoms with van der Waals surface area (Å²) in [6, 6.07) is 15.7. The third-order valence-corrected chi connectivity index (χ3v) is 6.10. The fourth-order valence-corrected chi connectivity index (χ4v) is 4.22. The van der Waals surface area contributed by atoms with Gasteiger partial charge in [-0.05, 0) is 48.4 Å². The maximum absolute atomic E-state index is 13.3. The van der Waals surface area contributed by atoms with Crippen LogP contribution in [0, 0.1) is 18.3 Å². The first-order valence-corrected chi connectivity index (χ1v) is 13.2. The van der Waals surface area contributed by atoms with Gasteiger partial charge in [0.15, 0.2) is 0 Å². The lowest BCUT2D eigenvalue weighted by Gasteiger charge is -2.24. The summed E-state index contributed by atoms with van der Waals surface area (Å²) in [6.07, 6.45) is 8.42. The monoisotopic (exact) mass is 553 g/mol. The number of halogens is 1. The first kappa shape index (κ1) is 29.1. The molecule has 192 valence electrons. The lowest BCUT2D eigenvalue weighted by Crippen LogP contribution is -2.54. The van der Waals surface area contributed by atoms with Crippen molar-refractivity contribution in [3.05, 3.63) is 70.2 Å². The molecular weight excluding hydrogens is 518 g/mol. The first-order valence-electron chi connectivity index (χ1n) is 12.4. The van der Waals surface area contributed by atoms with Gasteiger partial charge in [0, 0.05) is 30.3 Å². The van der Waals surface area contributed by atoms with E-state index in [2.05, 4.69) is 37.8 Å². The highest BCUT2D eigenvalue weighted by atomic mass is 79.9. The molecule has 0 radical (unpaired) electrons. The number of amides is 3. The molecule has 0 bridgehead atoms. The molecule has 2 aromatic rings. The second-order valence-electron chi connectivity index (χ2n) is 9.26. The van der Waals surface area contributed by atoms with Crippen LogP contribution in [0.5, 0.6) is 0 Å². The molecule has 0 aliphatic rings. The van der Waals surface area contributed by atoms with Gasteiger partial charge in [-0.25, -0.2) is 0 Å². The predicted molar refractivity (Wildman–Crippen MR) is 147 cm³/mol. The molecule has 0 heterocycles. The smallest absolute Gasteiger partial charge is 0.243 e. The van der Waals surface area contributed by atoms with Crippen LogP contribution in [0.25, 0.3) is 0 Å². The van der Waals surface area contributed by atoms with Crippen LogP contribution in [0.2, 0.25) is 0 Å². The quantitative estimate of drug-likeness (QED) is 0.237. The van der Waals surface area contributed by atoms with Crippen molar-refractivity contribution in [1.82, 2.24) is 16.0 Å². The van der Waals surface area contributed by atoms with Crippen molar-refractivity contribution in [2.24, 2.45) is 5.92 Å². The Balaban J connectivity index is 2.08. The van der Waals surface area contributed by atoms with Crippen LogP contribution in [-0.2, 0) is 27.3 Å². The average molecular weight is 555 g/mol. The fourth-order valence-electron chi connectivity index (χ4n) is 3.77. The number of nitrogens with one attached hydrogen (secondary N) is 3. The molecule has 0 spiro atoms. The van der Waals surface area contributed by atoms with Crippen LogP contribution in [-0.4, -0.2) is 29.8 Å². The number of rotatable bonds is 14. The second-order valence-corrected chi connectivity index (χ2v) is 10.2. The average Bonchev–Trinajstić information content (AvgIpc) is 2.84. The zero-order chi connectivity index (χ0) is 26.3. The van der Waals surface area contributed by atoms with Gasteiger partial charge in [-0.3, -0.25) is 14.4 Å². The summed E-state index contributed by atoms with van der Waals surface area (Å²) in [5.74, 6) is 1.92. The molecule has 2 aromatic carbocycles. The van der Waals surface area contributed by atoms with Gasteiger partial charge in [0.05, 0.1) is 0 Å². The van der Waals surface area contributed by atoms with E-state index in [1.807, 2.05) is 68.4 Å². The Labute approximate surface area is 223 Å². The van der Waals surface area contributed by atoms with Gasteiger partial charge in [-0.2, -0.15) is 0 Å². The highest BCUT2D eigenvalue weighted by molar-refractivity contribution is 9.10. The topological polar surface area (TPSA) is 87.3 Å². The van der Waals surface area contributed by atoms with E-state index in [1.54, 1.807) is 0 Å². The van der Waals surface area contributed by atoms with Crippen LogP contribution >= 0.6 is 15.9 Å². The van der Waals surface area contributed by atoms with Gasteiger partial charge >= 0.3 is 0 Å². The number of unbranched alkanes of at least 4 members (excludes halogenated alkanes) is 2. The van der Waals surface area contributed by atoms with Crippen molar-refractivity contribution in [2.75, 3.05) is 0 Å². The molecule has 3 amide bonds. The molecule has 0 saturated carbocycles. The van der Waals surface area contributed by atoms with Gasteiger partial charge < -0.3 is 16.0 Å². The van der Waals surface area contributed by atoms with Crippen molar-refractivity contribution in [3.63, 3.8) is 0 Å². The summed E-state index contributed by atoms with van der Waals surface area (Å²) in [7, 11) is 0. The van der Waals surface area contributed by atoms with E-state index < -0.39 is 12.1 Å². The summed E-state index contributed by atoms with van der Waals surface area (Å²) >= 11 is 3.44. The van der Waals surface area contributed by atoms with Crippen molar-refractivity contribution in [1.29, 1.82) is 0 Å². The molecule has 0 unspecified atom stereocenters. The molecule has 6 nitrogen and oxygen atoms in total. The van der Waals surface area contributed by atoms with Crippen LogP contribution in [0.15, 0.2) is 59.1 Å². The van der Waals surface area contributed by atoms with E-state index in [1.165, 1.54) is 0 Å². The molecule has 0 saturated heterocycles. The number of hydrogen-bond acceptors (Lipinski definition) is 3. The van der Waals surface area contributed by atoms with Crippen molar-refractivity contribution in [2.45, 2.75) is 71.0 Å². The molecule has 3 N–H and O–H groups in total. The SMILES string of the molecule is C#CCCCCC(=O)N[C@@H](Cc1ccccc1)C(=O)N[C@@H](CC(C)C)C(=O)NCc1cccc(Br)c1. The molecule has 0 aromatic heterocycles. The molecule has 0 aliphatic heterocycles. The Morgan fingerprint density at radius 2 is 1.64 bits per heavy atom. The van der Waals surface area contributed by atoms with Gasteiger partial charge in [0.2, 0.25) is 17.7 Å². The zero-order valence-corrected chi connectivity index (χ0v) is 22.6. The maximum atomic E-state index is 13.3. The molecular formula is C29H36BrN3O3.